The van der Waals surface area contributed by atoms with Gasteiger partial charge in [0.1, 0.15) is 11.2 Å². The van der Waals surface area contributed by atoms with Crippen molar-refractivity contribution in [3.63, 3.8) is 0 Å². The first-order chi connectivity index (χ1) is 11.6. The van der Waals surface area contributed by atoms with Crippen LogP contribution in [0.1, 0.15) is 45.1 Å². The molecule has 1 fully saturated rings. The largest absolute Gasteiger partial charge is 0.497 e. The summed E-state index contributed by atoms with van der Waals surface area (Å²) in [5.74, 6) is 0.646. The molecule has 0 atom stereocenters. The zero-order valence-corrected chi connectivity index (χ0v) is 14.9. The first-order valence-electron chi connectivity index (χ1n) is 8.78. The molecule has 0 unspecified atom stereocenters. The highest BCUT2D eigenvalue weighted by molar-refractivity contribution is 6.07. The summed E-state index contributed by atoms with van der Waals surface area (Å²) < 4.78 is 5.13. The van der Waals surface area contributed by atoms with Crippen LogP contribution in [0, 0.1) is 5.41 Å². The number of carbonyl (C=O) groups is 2. The molecule has 0 radical (unpaired) electrons. The predicted octanol–water partition coefficient (Wildman–Crippen LogP) is 2.74. The van der Waals surface area contributed by atoms with Gasteiger partial charge in [0.05, 0.1) is 7.11 Å². The molecule has 1 aromatic carbocycles. The molecule has 0 aliphatic heterocycles. The van der Waals surface area contributed by atoms with Crippen molar-refractivity contribution in [1.82, 2.24) is 10.2 Å². The minimum atomic E-state index is -0.823. The molecule has 0 bridgehead atoms. The fourth-order valence-corrected chi connectivity index (χ4v) is 2.92. The van der Waals surface area contributed by atoms with Crippen molar-refractivity contribution in [3.8, 4) is 5.75 Å². The number of hydrogen-bond acceptors (Lipinski definition) is 3. The normalized spacial score (nSPS) is 14.8. The molecule has 2 amide bonds. The molecular weight excluding hydrogens is 304 g/mol. The Morgan fingerprint density at radius 2 is 1.71 bits per heavy atom. The Morgan fingerprint density at radius 3 is 2.17 bits per heavy atom. The third-order valence-corrected chi connectivity index (χ3v) is 4.48. The van der Waals surface area contributed by atoms with Gasteiger partial charge in [-0.2, -0.15) is 0 Å². The lowest BCUT2D eigenvalue weighted by Gasteiger charge is -2.26. The van der Waals surface area contributed by atoms with Gasteiger partial charge in [0.2, 0.25) is 11.8 Å². The van der Waals surface area contributed by atoms with Crippen molar-refractivity contribution in [2.75, 3.05) is 20.2 Å². The highest BCUT2D eigenvalue weighted by Crippen LogP contribution is 2.47. The average molecular weight is 332 g/mol. The summed E-state index contributed by atoms with van der Waals surface area (Å²) in [7, 11) is 1.62. The lowest BCUT2D eigenvalue weighted by molar-refractivity contribution is -0.144. The van der Waals surface area contributed by atoms with Crippen molar-refractivity contribution in [3.05, 3.63) is 29.8 Å². The molecule has 1 aromatic rings. The number of nitrogens with one attached hydrogen (secondary N) is 1. The van der Waals surface area contributed by atoms with Gasteiger partial charge < -0.3 is 15.0 Å². The molecular formula is C19H28N2O3. The van der Waals surface area contributed by atoms with Gasteiger partial charge in [-0.15, -0.1) is 0 Å². The summed E-state index contributed by atoms with van der Waals surface area (Å²) in [5.41, 5.74) is 0.169. The van der Waals surface area contributed by atoms with Crippen LogP contribution in [0.5, 0.6) is 5.75 Å². The Labute approximate surface area is 144 Å². The second-order valence-corrected chi connectivity index (χ2v) is 6.41. The van der Waals surface area contributed by atoms with E-state index < -0.39 is 5.41 Å². The Hall–Kier alpha value is -2.04. The molecule has 132 valence electrons. The summed E-state index contributed by atoms with van der Waals surface area (Å²) in [6.45, 7) is 5.98. The van der Waals surface area contributed by atoms with Crippen molar-refractivity contribution >= 4 is 11.8 Å². The molecule has 1 aliphatic rings. The maximum absolute atomic E-state index is 12.8. The van der Waals surface area contributed by atoms with E-state index in [1.54, 1.807) is 7.11 Å². The van der Waals surface area contributed by atoms with Crippen molar-refractivity contribution in [2.24, 2.45) is 5.41 Å². The second-order valence-electron chi connectivity index (χ2n) is 6.41. The molecule has 0 spiro atoms. The van der Waals surface area contributed by atoms with Crippen molar-refractivity contribution < 1.29 is 14.3 Å². The monoisotopic (exact) mass is 332 g/mol. The van der Waals surface area contributed by atoms with E-state index in [2.05, 4.69) is 19.2 Å². The van der Waals surface area contributed by atoms with Gasteiger partial charge in [0.25, 0.3) is 0 Å². The smallest absolute Gasteiger partial charge is 0.238 e. The quantitative estimate of drug-likeness (QED) is 0.707. The molecule has 1 aliphatic carbocycles. The zero-order chi connectivity index (χ0) is 17.6. The van der Waals surface area contributed by atoms with Gasteiger partial charge in [-0.25, -0.2) is 0 Å². The van der Waals surface area contributed by atoms with Gasteiger partial charge in [0.15, 0.2) is 0 Å². The van der Waals surface area contributed by atoms with E-state index in [1.807, 2.05) is 29.2 Å². The molecule has 5 heteroatoms. The Kier molecular flexibility index (Phi) is 6.23. The van der Waals surface area contributed by atoms with E-state index in [4.69, 9.17) is 4.74 Å². The van der Waals surface area contributed by atoms with Gasteiger partial charge in [-0.05, 0) is 43.4 Å². The number of benzene rings is 1. The van der Waals surface area contributed by atoms with Crippen LogP contribution in [-0.4, -0.2) is 36.9 Å². The standard InChI is InChI=1S/C19H28N2O3/c1-4-12-21(13-5-2)18(23)19(10-11-19)17(22)20-14-15-6-8-16(24-3)9-7-15/h6-9H,4-5,10-14H2,1-3H3,(H,20,22). The number of amides is 2. The number of methoxy groups -OCH3 is 1. The lowest BCUT2D eigenvalue weighted by Crippen LogP contribution is -2.45. The van der Waals surface area contributed by atoms with Crippen LogP contribution >= 0.6 is 0 Å². The topological polar surface area (TPSA) is 58.6 Å². The summed E-state index contributed by atoms with van der Waals surface area (Å²) in [5, 5.41) is 2.93. The van der Waals surface area contributed by atoms with Crippen LogP contribution in [0.3, 0.4) is 0 Å². The number of ether oxygens (including phenoxy) is 1. The maximum atomic E-state index is 12.8. The van der Waals surface area contributed by atoms with E-state index in [0.717, 1.165) is 37.2 Å². The summed E-state index contributed by atoms with van der Waals surface area (Å²) >= 11 is 0. The van der Waals surface area contributed by atoms with Crippen LogP contribution in [0.4, 0.5) is 0 Å². The maximum Gasteiger partial charge on any atom is 0.238 e. The van der Waals surface area contributed by atoms with Crippen LogP contribution in [0.25, 0.3) is 0 Å². The fraction of sp³-hybridized carbons (Fsp3) is 0.579. The third kappa shape index (κ3) is 4.08. The molecule has 1 N–H and O–H groups in total. The van der Waals surface area contributed by atoms with Crippen LogP contribution in [-0.2, 0) is 16.1 Å². The minimum absolute atomic E-state index is 0.00145. The number of rotatable bonds is 9. The number of hydrogen-bond donors (Lipinski definition) is 1. The van der Waals surface area contributed by atoms with Gasteiger partial charge in [-0.3, -0.25) is 9.59 Å². The first kappa shape index (κ1) is 18.3. The molecule has 0 saturated heterocycles. The Balaban J connectivity index is 1.95. The van der Waals surface area contributed by atoms with Crippen LogP contribution < -0.4 is 10.1 Å². The first-order valence-corrected chi connectivity index (χ1v) is 8.78. The van der Waals surface area contributed by atoms with Crippen molar-refractivity contribution in [1.29, 1.82) is 0 Å². The van der Waals surface area contributed by atoms with Crippen LogP contribution in [0.2, 0.25) is 0 Å². The minimum Gasteiger partial charge on any atom is -0.497 e. The number of nitrogens with zero attached hydrogens (tertiary/aromatic N) is 1. The summed E-state index contributed by atoms with van der Waals surface area (Å²) in [6, 6.07) is 7.56. The summed E-state index contributed by atoms with van der Waals surface area (Å²) in [4.78, 5) is 27.2. The molecule has 2 rings (SSSR count). The van der Waals surface area contributed by atoms with E-state index >= 15 is 0 Å². The SMILES string of the molecule is CCCN(CCC)C(=O)C1(C(=O)NCc2ccc(OC)cc2)CC1. The van der Waals surface area contributed by atoms with E-state index in [0.29, 0.717) is 19.4 Å². The number of carbonyl (C=O) groups excluding carboxylic acids is 2. The average Bonchev–Trinajstić information content (AvgIpc) is 3.41. The molecule has 24 heavy (non-hydrogen) atoms. The zero-order valence-electron chi connectivity index (χ0n) is 14.9. The Bertz CT molecular complexity index is 558. The van der Waals surface area contributed by atoms with Gasteiger partial charge in [0, 0.05) is 19.6 Å². The summed E-state index contributed by atoms with van der Waals surface area (Å²) in [6.07, 6.45) is 3.14. The fourth-order valence-electron chi connectivity index (χ4n) is 2.92. The predicted molar refractivity (Wildman–Crippen MR) is 93.7 cm³/mol. The third-order valence-electron chi connectivity index (χ3n) is 4.48. The van der Waals surface area contributed by atoms with Gasteiger partial charge in [-0.1, -0.05) is 26.0 Å². The highest BCUT2D eigenvalue weighted by atomic mass is 16.5. The molecule has 0 heterocycles. The second kappa shape index (κ2) is 8.18. The van der Waals surface area contributed by atoms with Gasteiger partial charge >= 0.3 is 0 Å². The molecule has 1 saturated carbocycles. The van der Waals surface area contributed by atoms with Crippen LogP contribution in [0.15, 0.2) is 24.3 Å². The van der Waals surface area contributed by atoms with Crippen molar-refractivity contribution in [2.45, 2.75) is 46.1 Å². The highest BCUT2D eigenvalue weighted by Gasteiger charge is 2.57. The van der Waals surface area contributed by atoms with E-state index in [1.165, 1.54) is 0 Å². The molecule has 5 nitrogen and oxygen atoms in total. The van der Waals surface area contributed by atoms with E-state index in [9.17, 15) is 9.59 Å². The Morgan fingerprint density at radius 1 is 1.12 bits per heavy atom. The van der Waals surface area contributed by atoms with E-state index in [-0.39, 0.29) is 11.8 Å². The molecule has 0 aromatic heterocycles. The lowest BCUT2D eigenvalue weighted by atomic mass is 10.0.